The predicted molar refractivity (Wildman–Crippen MR) is 113 cm³/mol. The molecule has 30 heavy (non-hydrogen) atoms. The summed E-state index contributed by atoms with van der Waals surface area (Å²) in [5.41, 5.74) is 0.858. The number of amides is 1. The monoisotopic (exact) mass is 427 g/mol. The lowest BCUT2D eigenvalue weighted by Crippen LogP contribution is -2.34. The summed E-state index contributed by atoms with van der Waals surface area (Å²) in [7, 11) is 0. The second-order valence-electron chi connectivity index (χ2n) is 8.11. The molecule has 1 aliphatic carbocycles. The molecule has 0 bridgehead atoms. The van der Waals surface area contributed by atoms with Crippen LogP contribution in [0, 0.1) is 0 Å². The van der Waals surface area contributed by atoms with E-state index in [2.05, 4.69) is 25.6 Å². The zero-order valence-corrected chi connectivity index (χ0v) is 17.5. The number of carbonyl (C=O) groups excluding carboxylic acids is 1. The lowest BCUT2D eigenvalue weighted by Gasteiger charge is -2.23. The van der Waals surface area contributed by atoms with Crippen LogP contribution in [0.4, 0.5) is 0 Å². The van der Waals surface area contributed by atoms with Crippen molar-refractivity contribution in [3.63, 3.8) is 0 Å². The van der Waals surface area contributed by atoms with Crippen LogP contribution in [0.3, 0.4) is 0 Å². The van der Waals surface area contributed by atoms with Gasteiger partial charge in [0.15, 0.2) is 5.69 Å². The Morgan fingerprint density at radius 3 is 3.00 bits per heavy atom. The number of hydrogen-bond donors (Lipinski definition) is 2. The van der Waals surface area contributed by atoms with E-state index in [9.17, 15) is 9.59 Å². The van der Waals surface area contributed by atoms with Crippen molar-refractivity contribution >= 4 is 27.5 Å². The highest BCUT2D eigenvalue weighted by molar-refractivity contribution is 7.17. The molecule has 1 atom stereocenters. The molecule has 5 rings (SSSR count). The summed E-state index contributed by atoms with van der Waals surface area (Å²) >= 11 is 1.37. The van der Waals surface area contributed by atoms with Crippen LogP contribution in [0.25, 0.3) is 10.2 Å². The van der Waals surface area contributed by atoms with Gasteiger partial charge in [-0.2, -0.15) is 0 Å². The molecule has 2 fully saturated rings. The first-order valence-corrected chi connectivity index (χ1v) is 11.5. The topological polar surface area (TPSA) is 109 Å². The molecule has 0 aromatic carbocycles. The SMILES string of the molecule is O=C(c1cn(CCC2CCCCN2)nn1)N(Cc1nc2ccsc2c(=O)[nH]1)C1CC1. The number of aryl methyl sites for hydroxylation is 1. The highest BCUT2D eigenvalue weighted by Crippen LogP contribution is 2.29. The third-order valence-electron chi connectivity index (χ3n) is 5.81. The van der Waals surface area contributed by atoms with E-state index in [1.54, 1.807) is 15.8 Å². The molecule has 3 aromatic rings. The third-order valence-corrected chi connectivity index (χ3v) is 6.71. The van der Waals surface area contributed by atoms with E-state index >= 15 is 0 Å². The molecule has 10 heteroatoms. The van der Waals surface area contributed by atoms with Crippen LogP contribution >= 0.6 is 11.3 Å². The number of aromatic amines is 1. The molecule has 1 aliphatic heterocycles. The van der Waals surface area contributed by atoms with Crippen molar-refractivity contribution in [1.29, 1.82) is 0 Å². The molecule has 1 saturated carbocycles. The van der Waals surface area contributed by atoms with Gasteiger partial charge in [0.1, 0.15) is 10.5 Å². The van der Waals surface area contributed by atoms with E-state index in [-0.39, 0.29) is 24.1 Å². The summed E-state index contributed by atoms with van der Waals surface area (Å²) in [4.78, 5) is 34.5. The van der Waals surface area contributed by atoms with Crippen LogP contribution in [-0.4, -0.2) is 54.4 Å². The summed E-state index contributed by atoms with van der Waals surface area (Å²) in [6.45, 7) is 2.09. The summed E-state index contributed by atoms with van der Waals surface area (Å²) in [5.74, 6) is 0.342. The largest absolute Gasteiger partial charge is 0.327 e. The van der Waals surface area contributed by atoms with Gasteiger partial charge in [0, 0.05) is 18.6 Å². The van der Waals surface area contributed by atoms with E-state index in [1.165, 1.54) is 30.6 Å². The zero-order valence-electron chi connectivity index (χ0n) is 16.7. The van der Waals surface area contributed by atoms with Gasteiger partial charge in [-0.1, -0.05) is 11.6 Å². The highest BCUT2D eigenvalue weighted by atomic mass is 32.1. The Bertz CT molecular complexity index is 1090. The number of aromatic nitrogens is 5. The number of nitrogens with one attached hydrogen (secondary N) is 2. The van der Waals surface area contributed by atoms with Crippen molar-refractivity contribution in [1.82, 2.24) is 35.2 Å². The minimum atomic E-state index is -0.160. The Kier molecular flexibility index (Phi) is 5.34. The maximum Gasteiger partial charge on any atom is 0.276 e. The summed E-state index contributed by atoms with van der Waals surface area (Å²) < 4.78 is 2.37. The molecule has 1 unspecified atom stereocenters. The maximum absolute atomic E-state index is 13.1. The van der Waals surface area contributed by atoms with E-state index in [0.29, 0.717) is 27.8 Å². The molecule has 2 N–H and O–H groups in total. The van der Waals surface area contributed by atoms with E-state index in [0.717, 1.165) is 32.4 Å². The van der Waals surface area contributed by atoms with Crippen molar-refractivity contribution in [3.05, 3.63) is 39.5 Å². The van der Waals surface area contributed by atoms with Crippen LogP contribution in [0.2, 0.25) is 0 Å². The van der Waals surface area contributed by atoms with Crippen LogP contribution < -0.4 is 10.9 Å². The van der Waals surface area contributed by atoms with E-state index in [1.807, 2.05) is 11.4 Å². The quantitative estimate of drug-likeness (QED) is 0.596. The molecule has 0 spiro atoms. The van der Waals surface area contributed by atoms with Crippen LogP contribution in [0.1, 0.15) is 54.8 Å². The number of H-pyrrole nitrogens is 1. The average molecular weight is 428 g/mol. The normalized spacial score (nSPS) is 19.3. The van der Waals surface area contributed by atoms with Gasteiger partial charge in [-0.05, 0) is 50.1 Å². The number of fused-ring (bicyclic) bond motifs is 1. The second-order valence-corrected chi connectivity index (χ2v) is 9.03. The van der Waals surface area contributed by atoms with Crippen molar-refractivity contribution < 1.29 is 4.79 Å². The number of thiophene rings is 1. The molecule has 0 radical (unpaired) electrons. The first kappa shape index (κ1) is 19.4. The Morgan fingerprint density at radius 2 is 2.20 bits per heavy atom. The number of carbonyl (C=O) groups is 1. The van der Waals surface area contributed by atoms with Crippen molar-refractivity contribution in [2.75, 3.05) is 6.54 Å². The first-order chi connectivity index (χ1) is 14.7. The molecule has 1 saturated heterocycles. The molecule has 1 amide bonds. The van der Waals surface area contributed by atoms with Crippen molar-refractivity contribution in [2.45, 2.75) is 63.7 Å². The lowest BCUT2D eigenvalue weighted by atomic mass is 10.0. The summed E-state index contributed by atoms with van der Waals surface area (Å²) in [5, 5.41) is 13.7. The Balaban J connectivity index is 1.28. The molecule has 158 valence electrons. The van der Waals surface area contributed by atoms with Gasteiger partial charge in [0.05, 0.1) is 18.3 Å². The van der Waals surface area contributed by atoms with E-state index < -0.39 is 0 Å². The Morgan fingerprint density at radius 1 is 1.30 bits per heavy atom. The minimum Gasteiger partial charge on any atom is -0.327 e. The van der Waals surface area contributed by atoms with Gasteiger partial charge < -0.3 is 15.2 Å². The number of nitrogens with zero attached hydrogens (tertiary/aromatic N) is 5. The fourth-order valence-electron chi connectivity index (χ4n) is 4.02. The number of piperidine rings is 1. The maximum atomic E-state index is 13.1. The molecular formula is C20H25N7O2S. The fraction of sp³-hybridized carbons (Fsp3) is 0.550. The number of hydrogen-bond acceptors (Lipinski definition) is 7. The van der Waals surface area contributed by atoms with Crippen LogP contribution in [-0.2, 0) is 13.1 Å². The fourth-order valence-corrected chi connectivity index (χ4v) is 4.75. The summed E-state index contributed by atoms with van der Waals surface area (Å²) in [6, 6.07) is 2.51. The van der Waals surface area contributed by atoms with Gasteiger partial charge >= 0.3 is 0 Å². The van der Waals surface area contributed by atoms with Gasteiger partial charge in [0.2, 0.25) is 0 Å². The molecule has 2 aliphatic rings. The van der Waals surface area contributed by atoms with Gasteiger partial charge in [-0.3, -0.25) is 14.3 Å². The smallest absolute Gasteiger partial charge is 0.276 e. The second kappa shape index (κ2) is 8.27. The Labute approximate surface area is 177 Å². The molecule has 9 nitrogen and oxygen atoms in total. The minimum absolute atomic E-state index is 0.157. The van der Waals surface area contributed by atoms with Crippen LogP contribution in [0.5, 0.6) is 0 Å². The summed E-state index contributed by atoms with van der Waals surface area (Å²) in [6.07, 6.45) is 8.33. The third kappa shape index (κ3) is 4.15. The molecule has 4 heterocycles. The zero-order chi connectivity index (χ0) is 20.5. The van der Waals surface area contributed by atoms with Gasteiger partial charge in [-0.25, -0.2) is 4.98 Å². The lowest BCUT2D eigenvalue weighted by molar-refractivity contribution is 0.0719. The van der Waals surface area contributed by atoms with Crippen LogP contribution in [0.15, 0.2) is 22.4 Å². The standard InChI is InChI=1S/C20H25N7O2S/c28-19-18-15(7-10-30-18)22-17(23-19)12-27(14-4-5-14)20(29)16-11-26(25-24-16)9-6-13-3-1-2-8-21-13/h7,10-11,13-14,21H,1-6,8-9,12H2,(H,22,23,28). The van der Waals surface area contributed by atoms with E-state index in [4.69, 9.17) is 0 Å². The number of rotatable bonds is 7. The predicted octanol–water partition coefficient (Wildman–Crippen LogP) is 1.91. The van der Waals surface area contributed by atoms with Gasteiger partial charge in [-0.15, -0.1) is 16.4 Å². The molecular weight excluding hydrogens is 402 g/mol. The highest BCUT2D eigenvalue weighted by Gasteiger charge is 2.35. The van der Waals surface area contributed by atoms with Crippen molar-refractivity contribution in [2.24, 2.45) is 0 Å². The Hall–Kier alpha value is -2.59. The van der Waals surface area contributed by atoms with Gasteiger partial charge in [0.25, 0.3) is 11.5 Å². The average Bonchev–Trinajstić information content (AvgIpc) is 3.29. The van der Waals surface area contributed by atoms with Crippen molar-refractivity contribution in [3.8, 4) is 0 Å². The molecule has 3 aromatic heterocycles. The first-order valence-electron chi connectivity index (χ1n) is 10.6.